The highest BCUT2D eigenvalue weighted by atomic mass is 16.6. The van der Waals surface area contributed by atoms with Crippen molar-refractivity contribution in [2.24, 2.45) is 11.3 Å². The lowest BCUT2D eigenvalue weighted by Crippen LogP contribution is -2.43. The highest BCUT2D eigenvalue weighted by molar-refractivity contribution is 6.00. The van der Waals surface area contributed by atoms with Gasteiger partial charge in [0.15, 0.2) is 5.41 Å². The molecule has 0 atom stereocenters. The second kappa shape index (κ2) is 9.56. The highest BCUT2D eigenvalue weighted by Gasteiger charge is 2.48. The molecule has 0 rings (SSSR count). The Balaban J connectivity index is 5.26. The zero-order valence-electron chi connectivity index (χ0n) is 13.2. The van der Waals surface area contributed by atoms with E-state index in [0.717, 1.165) is 12.8 Å². The molecule has 0 aromatic carbocycles. The number of hydrogen-bond acceptors (Lipinski definition) is 4. The zero-order valence-corrected chi connectivity index (χ0v) is 13.2. The minimum Gasteiger partial charge on any atom is -0.465 e. The molecule has 0 spiro atoms. The van der Waals surface area contributed by atoms with Crippen LogP contribution in [0.1, 0.15) is 53.4 Å². The smallest absolute Gasteiger partial charge is 0.323 e. The van der Waals surface area contributed by atoms with Crippen LogP contribution in [-0.2, 0) is 19.1 Å². The van der Waals surface area contributed by atoms with E-state index in [0.29, 0.717) is 19.6 Å². The first-order valence-corrected chi connectivity index (χ1v) is 7.39. The Morgan fingerprint density at radius 1 is 1.10 bits per heavy atom. The summed E-state index contributed by atoms with van der Waals surface area (Å²) in [6, 6.07) is 0. The third-order valence-corrected chi connectivity index (χ3v) is 2.91. The SMILES string of the molecule is C=CCC(CC(C)C)(C(=O)OCCC)C(=O)OCCC. The van der Waals surface area contributed by atoms with Gasteiger partial charge in [0, 0.05) is 0 Å². The van der Waals surface area contributed by atoms with Gasteiger partial charge >= 0.3 is 11.9 Å². The van der Waals surface area contributed by atoms with E-state index in [4.69, 9.17) is 9.47 Å². The average Bonchev–Trinajstić information content (AvgIpc) is 2.40. The summed E-state index contributed by atoms with van der Waals surface area (Å²) in [5.41, 5.74) is -1.25. The minimum absolute atomic E-state index is 0.179. The third-order valence-electron chi connectivity index (χ3n) is 2.91. The van der Waals surface area contributed by atoms with E-state index in [1.54, 1.807) is 6.08 Å². The van der Waals surface area contributed by atoms with Gasteiger partial charge in [-0.15, -0.1) is 6.58 Å². The van der Waals surface area contributed by atoms with Crippen molar-refractivity contribution in [2.75, 3.05) is 13.2 Å². The van der Waals surface area contributed by atoms with Gasteiger partial charge in [0.1, 0.15) is 0 Å². The Bertz CT molecular complexity index is 300. The van der Waals surface area contributed by atoms with Crippen molar-refractivity contribution < 1.29 is 19.1 Å². The predicted molar refractivity (Wildman–Crippen MR) is 79.2 cm³/mol. The van der Waals surface area contributed by atoms with Crippen molar-refractivity contribution >= 4 is 11.9 Å². The van der Waals surface area contributed by atoms with Gasteiger partial charge in [-0.2, -0.15) is 0 Å². The van der Waals surface area contributed by atoms with E-state index >= 15 is 0 Å². The molecule has 0 heterocycles. The number of carbonyl (C=O) groups is 2. The topological polar surface area (TPSA) is 52.6 Å². The normalized spacial score (nSPS) is 11.2. The van der Waals surface area contributed by atoms with Crippen molar-refractivity contribution in [2.45, 2.75) is 53.4 Å². The summed E-state index contributed by atoms with van der Waals surface area (Å²) in [5, 5.41) is 0. The molecule has 0 fully saturated rings. The highest BCUT2D eigenvalue weighted by Crippen LogP contribution is 2.34. The number of allylic oxidation sites excluding steroid dienone is 1. The third kappa shape index (κ3) is 5.35. The van der Waals surface area contributed by atoms with Crippen LogP contribution in [0.2, 0.25) is 0 Å². The zero-order chi connectivity index (χ0) is 15.6. The molecule has 0 saturated heterocycles. The number of carbonyl (C=O) groups excluding carboxylic acids is 2. The molecular formula is C16H28O4. The van der Waals surface area contributed by atoms with Gasteiger partial charge in [0.05, 0.1) is 13.2 Å². The molecule has 4 nitrogen and oxygen atoms in total. The van der Waals surface area contributed by atoms with Crippen LogP contribution in [0.3, 0.4) is 0 Å². The Labute approximate surface area is 122 Å². The van der Waals surface area contributed by atoms with Crippen LogP contribution in [0.5, 0.6) is 0 Å². The quantitative estimate of drug-likeness (QED) is 0.350. The second-order valence-corrected chi connectivity index (χ2v) is 5.44. The second-order valence-electron chi connectivity index (χ2n) is 5.44. The van der Waals surface area contributed by atoms with Crippen LogP contribution in [0.25, 0.3) is 0 Å². The van der Waals surface area contributed by atoms with Crippen molar-refractivity contribution in [1.29, 1.82) is 0 Å². The van der Waals surface area contributed by atoms with Crippen LogP contribution in [-0.4, -0.2) is 25.2 Å². The molecule has 0 aliphatic rings. The van der Waals surface area contributed by atoms with Crippen molar-refractivity contribution in [1.82, 2.24) is 0 Å². The van der Waals surface area contributed by atoms with E-state index in [1.807, 2.05) is 27.7 Å². The molecule has 20 heavy (non-hydrogen) atoms. The first-order valence-electron chi connectivity index (χ1n) is 7.39. The predicted octanol–water partition coefficient (Wildman–Crippen LogP) is 3.50. The lowest BCUT2D eigenvalue weighted by molar-refractivity contribution is -0.174. The van der Waals surface area contributed by atoms with Crippen molar-refractivity contribution in [3.8, 4) is 0 Å². The largest absolute Gasteiger partial charge is 0.465 e. The average molecular weight is 284 g/mol. The van der Waals surface area contributed by atoms with Crippen LogP contribution in [0.15, 0.2) is 12.7 Å². The summed E-state index contributed by atoms with van der Waals surface area (Å²) < 4.78 is 10.4. The van der Waals surface area contributed by atoms with Crippen LogP contribution in [0.4, 0.5) is 0 Å². The fraction of sp³-hybridized carbons (Fsp3) is 0.750. The van der Waals surface area contributed by atoms with Gasteiger partial charge in [-0.05, 0) is 31.6 Å². The van der Waals surface area contributed by atoms with Gasteiger partial charge < -0.3 is 9.47 Å². The lowest BCUT2D eigenvalue weighted by Gasteiger charge is -2.29. The summed E-state index contributed by atoms with van der Waals surface area (Å²) in [6.07, 6.45) is 3.69. The fourth-order valence-corrected chi connectivity index (χ4v) is 2.11. The van der Waals surface area contributed by atoms with Gasteiger partial charge in [-0.3, -0.25) is 9.59 Å². The molecule has 0 aromatic rings. The lowest BCUT2D eigenvalue weighted by atomic mass is 9.77. The van der Waals surface area contributed by atoms with Gasteiger partial charge in [-0.1, -0.05) is 33.8 Å². The van der Waals surface area contributed by atoms with Crippen molar-refractivity contribution in [3.05, 3.63) is 12.7 Å². The summed E-state index contributed by atoms with van der Waals surface area (Å²) in [6.45, 7) is 12.1. The fourth-order valence-electron chi connectivity index (χ4n) is 2.11. The Hall–Kier alpha value is -1.32. The van der Waals surface area contributed by atoms with E-state index in [1.165, 1.54) is 0 Å². The standard InChI is InChI=1S/C16H28O4/c1-6-9-16(12-13(4)5,14(17)19-10-7-2)15(18)20-11-8-3/h6,13H,1,7-12H2,2-5H3. The summed E-state index contributed by atoms with van der Waals surface area (Å²) >= 11 is 0. The molecule has 0 aromatic heterocycles. The number of esters is 2. The molecule has 116 valence electrons. The first-order chi connectivity index (χ1) is 9.44. The number of rotatable bonds is 10. The molecule has 4 heteroatoms. The molecule has 0 aliphatic heterocycles. The Kier molecular flexibility index (Phi) is 8.93. The van der Waals surface area contributed by atoms with E-state index in [2.05, 4.69) is 6.58 Å². The van der Waals surface area contributed by atoms with Crippen LogP contribution >= 0.6 is 0 Å². The summed E-state index contributed by atoms with van der Waals surface area (Å²) in [5.74, 6) is -0.804. The van der Waals surface area contributed by atoms with Gasteiger partial charge in [0.25, 0.3) is 0 Å². The number of ether oxygens (including phenoxy) is 2. The summed E-state index contributed by atoms with van der Waals surface area (Å²) in [7, 11) is 0. The van der Waals surface area contributed by atoms with E-state index in [9.17, 15) is 9.59 Å². The molecule has 0 radical (unpaired) electrons. The molecule has 0 unspecified atom stereocenters. The van der Waals surface area contributed by atoms with Gasteiger partial charge in [0.2, 0.25) is 0 Å². The maximum absolute atomic E-state index is 12.4. The summed E-state index contributed by atoms with van der Waals surface area (Å²) in [4.78, 5) is 24.8. The Morgan fingerprint density at radius 3 is 1.85 bits per heavy atom. The first kappa shape index (κ1) is 18.7. The van der Waals surface area contributed by atoms with Crippen LogP contribution < -0.4 is 0 Å². The molecule has 0 saturated carbocycles. The maximum Gasteiger partial charge on any atom is 0.323 e. The number of hydrogen-bond donors (Lipinski definition) is 0. The van der Waals surface area contributed by atoms with Crippen LogP contribution in [0, 0.1) is 11.3 Å². The van der Waals surface area contributed by atoms with E-state index < -0.39 is 17.4 Å². The van der Waals surface area contributed by atoms with Gasteiger partial charge in [-0.25, -0.2) is 0 Å². The Morgan fingerprint density at radius 2 is 1.55 bits per heavy atom. The molecule has 0 aliphatic carbocycles. The monoisotopic (exact) mass is 284 g/mol. The maximum atomic E-state index is 12.4. The molecule has 0 N–H and O–H groups in total. The van der Waals surface area contributed by atoms with E-state index in [-0.39, 0.29) is 12.3 Å². The minimum atomic E-state index is -1.25. The molecule has 0 amide bonds. The molecule has 0 bridgehead atoms. The van der Waals surface area contributed by atoms with Crippen molar-refractivity contribution in [3.63, 3.8) is 0 Å². The molecular weight excluding hydrogens is 256 g/mol.